The number of rotatable bonds is 5. The molecular formula is C17H24N4O2. The Labute approximate surface area is 135 Å². The number of fused-ring (bicyclic) bond motifs is 1. The van der Waals surface area contributed by atoms with Crippen LogP contribution in [-0.4, -0.2) is 39.9 Å². The SMILES string of the molecule is NCC1CCCCN1C(=O)CCCc1ccc2[nH]c(=O)[nH]c2c1. The number of imidazole rings is 1. The van der Waals surface area contributed by atoms with E-state index in [2.05, 4.69) is 9.97 Å². The normalized spacial score (nSPS) is 18.5. The Morgan fingerprint density at radius 2 is 2.09 bits per heavy atom. The average Bonchev–Trinajstić information content (AvgIpc) is 2.94. The van der Waals surface area contributed by atoms with E-state index in [0.29, 0.717) is 13.0 Å². The van der Waals surface area contributed by atoms with Gasteiger partial charge in [-0.3, -0.25) is 4.79 Å². The average molecular weight is 316 g/mol. The van der Waals surface area contributed by atoms with Gasteiger partial charge in [0.1, 0.15) is 0 Å². The van der Waals surface area contributed by atoms with Crippen LogP contribution in [0, 0.1) is 0 Å². The molecule has 4 N–H and O–H groups in total. The lowest BCUT2D eigenvalue weighted by Crippen LogP contribution is -2.47. The summed E-state index contributed by atoms with van der Waals surface area (Å²) in [4.78, 5) is 31.1. The van der Waals surface area contributed by atoms with E-state index in [1.807, 2.05) is 23.1 Å². The summed E-state index contributed by atoms with van der Waals surface area (Å²) in [7, 11) is 0. The van der Waals surface area contributed by atoms with Gasteiger partial charge < -0.3 is 20.6 Å². The molecule has 1 amide bonds. The first-order chi connectivity index (χ1) is 11.2. The van der Waals surface area contributed by atoms with Crippen molar-refractivity contribution in [1.82, 2.24) is 14.9 Å². The van der Waals surface area contributed by atoms with Crippen molar-refractivity contribution in [3.8, 4) is 0 Å². The highest BCUT2D eigenvalue weighted by atomic mass is 16.2. The Balaban J connectivity index is 1.55. The van der Waals surface area contributed by atoms with Gasteiger partial charge in [-0.25, -0.2) is 4.79 Å². The van der Waals surface area contributed by atoms with E-state index >= 15 is 0 Å². The summed E-state index contributed by atoms with van der Waals surface area (Å²) in [6.07, 6.45) is 5.47. The maximum Gasteiger partial charge on any atom is 0.323 e. The molecule has 124 valence electrons. The van der Waals surface area contributed by atoms with E-state index in [1.165, 1.54) is 6.42 Å². The van der Waals surface area contributed by atoms with Crippen molar-refractivity contribution in [3.05, 3.63) is 34.2 Å². The first-order valence-corrected chi connectivity index (χ1v) is 8.38. The lowest BCUT2D eigenvalue weighted by molar-refractivity contribution is -0.134. The van der Waals surface area contributed by atoms with Crippen molar-refractivity contribution in [2.75, 3.05) is 13.1 Å². The largest absolute Gasteiger partial charge is 0.338 e. The molecule has 6 heteroatoms. The van der Waals surface area contributed by atoms with Crippen LogP contribution in [-0.2, 0) is 11.2 Å². The van der Waals surface area contributed by atoms with E-state index in [0.717, 1.165) is 48.8 Å². The predicted molar refractivity (Wildman–Crippen MR) is 90.3 cm³/mol. The molecule has 1 aliphatic rings. The molecule has 23 heavy (non-hydrogen) atoms. The number of amides is 1. The molecule has 1 saturated heterocycles. The van der Waals surface area contributed by atoms with E-state index in [-0.39, 0.29) is 17.6 Å². The number of hydrogen-bond acceptors (Lipinski definition) is 3. The minimum absolute atomic E-state index is 0.190. The number of H-pyrrole nitrogens is 2. The molecule has 0 spiro atoms. The Morgan fingerprint density at radius 3 is 2.91 bits per heavy atom. The van der Waals surface area contributed by atoms with Gasteiger partial charge in [-0.2, -0.15) is 0 Å². The monoisotopic (exact) mass is 316 g/mol. The van der Waals surface area contributed by atoms with Gasteiger partial charge in [0.2, 0.25) is 5.91 Å². The highest BCUT2D eigenvalue weighted by molar-refractivity contribution is 5.77. The fourth-order valence-corrected chi connectivity index (χ4v) is 3.40. The van der Waals surface area contributed by atoms with Crippen LogP contribution in [0.2, 0.25) is 0 Å². The zero-order chi connectivity index (χ0) is 16.2. The molecule has 1 atom stereocenters. The summed E-state index contributed by atoms with van der Waals surface area (Å²) < 4.78 is 0. The van der Waals surface area contributed by atoms with E-state index < -0.39 is 0 Å². The maximum absolute atomic E-state index is 12.4. The van der Waals surface area contributed by atoms with Gasteiger partial charge in [-0.1, -0.05) is 6.07 Å². The molecule has 0 radical (unpaired) electrons. The zero-order valence-corrected chi connectivity index (χ0v) is 13.3. The number of aromatic amines is 2. The number of piperidine rings is 1. The fourth-order valence-electron chi connectivity index (χ4n) is 3.40. The number of aryl methyl sites for hydroxylation is 1. The lowest BCUT2D eigenvalue weighted by Gasteiger charge is -2.35. The first kappa shape index (κ1) is 15.8. The van der Waals surface area contributed by atoms with Gasteiger partial charge in [0, 0.05) is 25.6 Å². The number of nitrogens with zero attached hydrogens (tertiary/aromatic N) is 1. The lowest BCUT2D eigenvalue weighted by atomic mass is 10.0. The number of carbonyl (C=O) groups is 1. The van der Waals surface area contributed by atoms with E-state index in [1.54, 1.807) is 0 Å². The van der Waals surface area contributed by atoms with Crippen LogP contribution >= 0.6 is 0 Å². The molecule has 1 fully saturated rings. The molecule has 1 aromatic heterocycles. The molecule has 2 aromatic rings. The van der Waals surface area contributed by atoms with Gasteiger partial charge in [0.15, 0.2) is 0 Å². The predicted octanol–water partition coefficient (Wildman–Crippen LogP) is 1.52. The highest BCUT2D eigenvalue weighted by Gasteiger charge is 2.24. The Morgan fingerprint density at radius 1 is 1.26 bits per heavy atom. The number of nitrogens with two attached hydrogens (primary N) is 1. The molecule has 0 bridgehead atoms. The van der Waals surface area contributed by atoms with E-state index in [9.17, 15) is 9.59 Å². The topological polar surface area (TPSA) is 95.0 Å². The van der Waals surface area contributed by atoms with Crippen LogP contribution in [0.5, 0.6) is 0 Å². The molecule has 0 aliphatic carbocycles. The fraction of sp³-hybridized carbons (Fsp3) is 0.529. The third-order valence-corrected chi connectivity index (χ3v) is 4.66. The minimum Gasteiger partial charge on any atom is -0.338 e. The zero-order valence-electron chi connectivity index (χ0n) is 13.3. The van der Waals surface area contributed by atoms with Crippen LogP contribution < -0.4 is 11.4 Å². The summed E-state index contributed by atoms with van der Waals surface area (Å²) in [5, 5.41) is 0. The number of carbonyl (C=O) groups excluding carboxylic acids is 1. The first-order valence-electron chi connectivity index (χ1n) is 8.38. The number of aromatic nitrogens is 2. The quantitative estimate of drug-likeness (QED) is 0.780. The second-order valence-electron chi connectivity index (χ2n) is 6.29. The number of hydrogen-bond donors (Lipinski definition) is 3. The van der Waals surface area contributed by atoms with Crippen molar-refractivity contribution < 1.29 is 4.79 Å². The van der Waals surface area contributed by atoms with Gasteiger partial charge in [-0.15, -0.1) is 0 Å². The third-order valence-electron chi connectivity index (χ3n) is 4.66. The molecule has 1 aromatic carbocycles. The molecule has 3 rings (SSSR count). The maximum atomic E-state index is 12.4. The van der Waals surface area contributed by atoms with Crippen molar-refractivity contribution in [2.24, 2.45) is 5.73 Å². The molecule has 6 nitrogen and oxygen atoms in total. The number of nitrogens with one attached hydrogen (secondary N) is 2. The van der Waals surface area contributed by atoms with Crippen LogP contribution in [0.3, 0.4) is 0 Å². The summed E-state index contributed by atoms with van der Waals surface area (Å²) in [5.74, 6) is 0.219. The van der Waals surface area contributed by atoms with Gasteiger partial charge in [0.25, 0.3) is 0 Å². The van der Waals surface area contributed by atoms with Crippen LogP contribution in [0.25, 0.3) is 11.0 Å². The molecule has 1 aliphatic heterocycles. The second kappa shape index (κ2) is 7.00. The molecular weight excluding hydrogens is 292 g/mol. The van der Waals surface area contributed by atoms with Gasteiger partial charge >= 0.3 is 5.69 Å². The van der Waals surface area contributed by atoms with Crippen LogP contribution in [0.4, 0.5) is 0 Å². The van der Waals surface area contributed by atoms with Crippen molar-refractivity contribution in [3.63, 3.8) is 0 Å². The van der Waals surface area contributed by atoms with E-state index in [4.69, 9.17) is 5.73 Å². The minimum atomic E-state index is -0.190. The molecule has 2 heterocycles. The number of likely N-dealkylation sites (tertiary alicyclic amines) is 1. The Hall–Kier alpha value is -2.08. The third kappa shape index (κ3) is 3.64. The Bertz CT molecular complexity index is 734. The highest BCUT2D eigenvalue weighted by Crippen LogP contribution is 2.18. The van der Waals surface area contributed by atoms with Gasteiger partial charge in [-0.05, 0) is 49.8 Å². The van der Waals surface area contributed by atoms with Gasteiger partial charge in [0.05, 0.1) is 11.0 Å². The standard InChI is InChI=1S/C17H24N4O2/c18-11-13-5-1-2-9-21(13)16(22)6-3-4-12-7-8-14-15(10-12)20-17(23)19-14/h7-8,10,13H,1-6,9,11,18H2,(H2,19,20,23). The summed E-state index contributed by atoms with van der Waals surface area (Å²) in [6, 6.07) is 6.10. The number of benzene rings is 1. The summed E-state index contributed by atoms with van der Waals surface area (Å²) >= 11 is 0. The smallest absolute Gasteiger partial charge is 0.323 e. The van der Waals surface area contributed by atoms with Crippen molar-refractivity contribution in [2.45, 2.75) is 44.6 Å². The summed E-state index contributed by atoms with van der Waals surface area (Å²) in [5.41, 5.74) is 8.36. The molecule has 0 saturated carbocycles. The molecule has 1 unspecified atom stereocenters. The van der Waals surface area contributed by atoms with Crippen LogP contribution in [0.15, 0.2) is 23.0 Å². The Kier molecular flexibility index (Phi) is 4.81. The second-order valence-corrected chi connectivity index (χ2v) is 6.29. The summed E-state index contributed by atoms with van der Waals surface area (Å²) in [6.45, 7) is 1.40. The van der Waals surface area contributed by atoms with Crippen molar-refractivity contribution in [1.29, 1.82) is 0 Å². The van der Waals surface area contributed by atoms with Crippen LogP contribution in [0.1, 0.15) is 37.7 Å². The van der Waals surface area contributed by atoms with Crippen molar-refractivity contribution >= 4 is 16.9 Å².